The highest BCUT2D eigenvalue weighted by atomic mass is 16.5. The zero-order chi connectivity index (χ0) is 13.9. The molecule has 0 aliphatic heterocycles. The Morgan fingerprint density at radius 3 is 2.90 bits per heavy atom. The number of carbonyl (C=O) groups is 1. The summed E-state index contributed by atoms with van der Waals surface area (Å²) >= 11 is 0. The van der Waals surface area contributed by atoms with Crippen LogP contribution in [-0.2, 0) is 16.1 Å². The first-order chi connectivity index (χ1) is 9.74. The van der Waals surface area contributed by atoms with Gasteiger partial charge in [-0.15, -0.1) is 0 Å². The maximum Gasteiger partial charge on any atom is 0.309 e. The molecule has 20 heavy (non-hydrogen) atoms. The first-order valence-electron chi connectivity index (χ1n) is 7.56. The maximum atomic E-state index is 12.0. The molecule has 108 valence electrons. The Kier molecular flexibility index (Phi) is 3.90. The second-order valence-electron chi connectivity index (χ2n) is 6.03. The summed E-state index contributed by atoms with van der Waals surface area (Å²) in [5, 5.41) is 0. The number of rotatable bonds is 5. The average molecular weight is 275 g/mol. The molecule has 0 spiro atoms. The molecule has 0 saturated heterocycles. The average Bonchev–Trinajstić information content (AvgIpc) is 3.07. The SMILES string of the molecule is O=C(OCCCn1ccccc1=O)C1CC2CCC1C2. The van der Waals surface area contributed by atoms with Crippen molar-refractivity contribution in [2.75, 3.05) is 6.61 Å². The van der Waals surface area contributed by atoms with E-state index in [4.69, 9.17) is 4.74 Å². The summed E-state index contributed by atoms with van der Waals surface area (Å²) in [6, 6.07) is 5.11. The lowest BCUT2D eigenvalue weighted by molar-refractivity contribution is -0.150. The van der Waals surface area contributed by atoms with Gasteiger partial charge in [0.1, 0.15) is 0 Å². The van der Waals surface area contributed by atoms with Crippen LogP contribution >= 0.6 is 0 Å². The highest BCUT2D eigenvalue weighted by Gasteiger charge is 2.43. The molecule has 3 unspecified atom stereocenters. The van der Waals surface area contributed by atoms with E-state index in [0.29, 0.717) is 25.5 Å². The molecule has 0 N–H and O–H groups in total. The first kappa shape index (κ1) is 13.4. The summed E-state index contributed by atoms with van der Waals surface area (Å²) in [6.07, 6.45) is 7.20. The van der Waals surface area contributed by atoms with Crippen molar-refractivity contribution in [1.29, 1.82) is 0 Å². The van der Waals surface area contributed by atoms with Crippen molar-refractivity contribution < 1.29 is 9.53 Å². The highest BCUT2D eigenvalue weighted by molar-refractivity contribution is 5.73. The van der Waals surface area contributed by atoms with E-state index in [0.717, 1.165) is 12.3 Å². The van der Waals surface area contributed by atoms with Crippen LogP contribution in [0.3, 0.4) is 0 Å². The van der Waals surface area contributed by atoms with Crippen molar-refractivity contribution in [3.05, 3.63) is 34.7 Å². The van der Waals surface area contributed by atoms with Crippen molar-refractivity contribution in [1.82, 2.24) is 4.57 Å². The maximum absolute atomic E-state index is 12.0. The van der Waals surface area contributed by atoms with Crippen LogP contribution in [0.15, 0.2) is 29.2 Å². The van der Waals surface area contributed by atoms with Gasteiger partial charge in [0.15, 0.2) is 0 Å². The van der Waals surface area contributed by atoms with Crippen LogP contribution in [0.1, 0.15) is 32.1 Å². The highest BCUT2D eigenvalue weighted by Crippen LogP contribution is 2.48. The number of aromatic nitrogens is 1. The summed E-state index contributed by atoms with van der Waals surface area (Å²) in [7, 11) is 0. The van der Waals surface area contributed by atoms with Crippen LogP contribution in [0.25, 0.3) is 0 Å². The summed E-state index contributed by atoms with van der Waals surface area (Å²) < 4.78 is 7.03. The Bertz CT molecular complexity index is 537. The van der Waals surface area contributed by atoms with E-state index in [1.54, 1.807) is 22.9 Å². The molecule has 0 aromatic carbocycles. The largest absolute Gasteiger partial charge is 0.465 e. The van der Waals surface area contributed by atoms with Crippen molar-refractivity contribution >= 4 is 5.97 Å². The van der Waals surface area contributed by atoms with E-state index >= 15 is 0 Å². The number of esters is 1. The minimum Gasteiger partial charge on any atom is -0.465 e. The van der Waals surface area contributed by atoms with E-state index in [-0.39, 0.29) is 17.4 Å². The minimum absolute atomic E-state index is 0.00747. The Morgan fingerprint density at radius 1 is 1.30 bits per heavy atom. The molecule has 2 fully saturated rings. The van der Waals surface area contributed by atoms with Gasteiger partial charge in [-0.25, -0.2) is 0 Å². The van der Waals surface area contributed by atoms with Crippen molar-refractivity contribution in [2.45, 2.75) is 38.6 Å². The molecule has 0 amide bonds. The number of ether oxygens (including phenoxy) is 1. The van der Waals surface area contributed by atoms with Gasteiger partial charge in [-0.3, -0.25) is 9.59 Å². The quantitative estimate of drug-likeness (QED) is 0.611. The zero-order valence-electron chi connectivity index (χ0n) is 11.7. The van der Waals surface area contributed by atoms with Crippen molar-refractivity contribution in [2.24, 2.45) is 17.8 Å². The number of fused-ring (bicyclic) bond motifs is 2. The topological polar surface area (TPSA) is 48.3 Å². The molecule has 4 heteroatoms. The molecular formula is C16H21NO3. The fraction of sp³-hybridized carbons (Fsp3) is 0.625. The Balaban J connectivity index is 1.41. The smallest absolute Gasteiger partial charge is 0.309 e. The molecule has 1 heterocycles. The summed E-state index contributed by atoms with van der Waals surface area (Å²) in [6.45, 7) is 1.01. The predicted octanol–water partition coefficient (Wildman–Crippen LogP) is 2.22. The minimum atomic E-state index is -0.0161. The third-order valence-corrected chi connectivity index (χ3v) is 4.73. The van der Waals surface area contributed by atoms with E-state index in [1.807, 2.05) is 6.07 Å². The number of pyridine rings is 1. The van der Waals surface area contributed by atoms with Gasteiger partial charge in [0, 0.05) is 18.8 Å². The number of carbonyl (C=O) groups excluding carboxylic acids is 1. The van der Waals surface area contributed by atoms with Gasteiger partial charge in [0.25, 0.3) is 0 Å². The lowest BCUT2D eigenvalue weighted by atomic mass is 9.89. The first-order valence-corrected chi connectivity index (χ1v) is 7.56. The molecule has 2 saturated carbocycles. The van der Waals surface area contributed by atoms with Crippen LogP contribution in [0.5, 0.6) is 0 Å². The van der Waals surface area contributed by atoms with Crippen LogP contribution < -0.4 is 5.56 Å². The van der Waals surface area contributed by atoms with Crippen LogP contribution in [0, 0.1) is 17.8 Å². The van der Waals surface area contributed by atoms with Gasteiger partial charge in [-0.2, -0.15) is 0 Å². The standard InChI is InChI=1S/C16H21NO3/c18-15-4-1-2-7-17(15)8-3-9-20-16(19)14-11-12-5-6-13(14)10-12/h1-2,4,7,12-14H,3,5-6,8-11H2. The molecule has 0 radical (unpaired) electrons. The number of hydrogen-bond acceptors (Lipinski definition) is 3. The molecule has 1 aromatic rings. The van der Waals surface area contributed by atoms with Gasteiger partial charge in [-0.1, -0.05) is 12.5 Å². The second kappa shape index (κ2) is 5.81. The third-order valence-electron chi connectivity index (χ3n) is 4.73. The molecule has 3 rings (SSSR count). The van der Waals surface area contributed by atoms with Gasteiger partial charge in [0.2, 0.25) is 5.56 Å². The number of hydrogen-bond donors (Lipinski definition) is 0. The molecule has 2 bridgehead atoms. The Labute approximate surface area is 118 Å². The third kappa shape index (κ3) is 2.79. The molecule has 3 atom stereocenters. The van der Waals surface area contributed by atoms with Crippen LogP contribution in [0.4, 0.5) is 0 Å². The van der Waals surface area contributed by atoms with Crippen molar-refractivity contribution in [3.63, 3.8) is 0 Å². The Morgan fingerprint density at radius 2 is 2.20 bits per heavy atom. The zero-order valence-corrected chi connectivity index (χ0v) is 11.7. The lowest BCUT2D eigenvalue weighted by Crippen LogP contribution is -2.24. The molecule has 1 aromatic heterocycles. The molecule has 4 nitrogen and oxygen atoms in total. The fourth-order valence-corrected chi connectivity index (χ4v) is 3.69. The van der Waals surface area contributed by atoms with Gasteiger partial charge < -0.3 is 9.30 Å². The van der Waals surface area contributed by atoms with Gasteiger partial charge >= 0.3 is 5.97 Å². The van der Waals surface area contributed by atoms with Crippen LogP contribution in [-0.4, -0.2) is 17.1 Å². The van der Waals surface area contributed by atoms with E-state index in [1.165, 1.54) is 19.3 Å². The fourth-order valence-electron chi connectivity index (χ4n) is 3.69. The molecular weight excluding hydrogens is 254 g/mol. The predicted molar refractivity (Wildman–Crippen MR) is 75.2 cm³/mol. The van der Waals surface area contributed by atoms with Crippen LogP contribution in [0.2, 0.25) is 0 Å². The summed E-state index contributed by atoms with van der Waals surface area (Å²) in [4.78, 5) is 23.5. The van der Waals surface area contributed by atoms with E-state index in [2.05, 4.69) is 0 Å². The monoisotopic (exact) mass is 275 g/mol. The lowest BCUT2D eigenvalue weighted by Gasteiger charge is -2.19. The normalized spacial score (nSPS) is 27.7. The van der Waals surface area contributed by atoms with E-state index < -0.39 is 0 Å². The second-order valence-corrected chi connectivity index (χ2v) is 6.03. The van der Waals surface area contributed by atoms with E-state index in [9.17, 15) is 9.59 Å². The summed E-state index contributed by atoms with van der Waals surface area (Å²) in [5.41, 5.74) is -0.00747. The Hall–Kier alpha value is -1.58. The summed E-state index contributed by atoms with van der Waals surface area (Å²) in [5.74, 6) is 1.47. The van der Waals surface area contributed by atoms with Gasteiger partial charge in [-0.05, 0) is 43.6 Å². The number of aryl methyl sites for hydroxylation is 1. The van der Waals surface area contributed by atoms with Crippen molar-refractivity contribution in [3.8, 4) is 0 Å². The number of nitrogens with zero attached hydrogens (tertiary/aromatic N) is 1. The molecule has 2 aliphatic carbocycles. The molecule has 2 aliphatic rings. The van der Waals surface area contributed by atoms with Gasteiger partial charge in [0.05, 0.1) is 12.5 Å².